The maximum Gasteiger partial charge on any atom is 0.141 e. The Morgan fingerprint density at radius 1 is 1.24 bits per heavy atom. The molecule has 1 aromatic carbocycles. The van der Waals surface area contributed by atoms with Gasteiger partial charge in [-0.2, -0.15) is 0 Å². The number of hydrogen-bond donors (Lipinski definition) is 2. The van der Waals surface area contributed by atoms with Crippen molar-refractivity contribution in [3.63, 3.8) is 0 Å². The van der Waals surface area contributed by atoms with Gasteiger partial charge in [-0.15, -0.1) is 0 Å². The maximum absolute atomic E-state index is 5.72. The lowest BCUT2D eigenvalue weighted by Crippen LogP contribution is -2.30. The average molecular weight is 352 g/mol. The molecule has 0 fully saturated rings. The van der Waals surface area contributed by atoms with Crippen molar-refractivity contribution >= 4 is 15.9 Å². The molecule has 6 heteroatoms. The number of ether oxygens (including phenoxy) is 2. The zero-order chi connectivity index (χ0) is 15.2. The van der Waals surface area contributed by atoms with Crippen LogP contribution in [0.1, 0.15) is 17.3 Å². The molecule has 21 heavy (non-hydrogen) atoms. The summed E-state index contributed by atoms with van der Waals surface area (Å²) >= 11 is 3.50. The summed E-state index contributed by atoms with van der Waals surface area (Å²) in [6.07, 6.45) is 2.43. The topological polar surface area (TPSA) is 69.4 Å². The lowest BCUT2D eigenvalue weighted by atomic mass is 10.0. The number of hydrazine groups is 1. The lowest BCUT2D eigenvalue weighted by molar-refractivity contribution is 0.379. The third-order valence-corrected chi connectivity index (χ3v) is 3.98. The SMILES string of the molecule is COc1ccc(C(Cc2ccccn2)NN)c(OC)c1Br. The minimum atomic E-state index is -0.114. The number of nitrogens with two attached hydrogens (primary N) is 1. The molecular weight excluding hydrogens is 334 g/mol. The highest BCUT2D eigenvalue weighted by Gasteiger charge is 2.20. The molecule has 0 spiro atoms. The molecule has 2 aromatic rings. The maximum atomic E-state index is 5.72. The predicted octanol–water partition coefficient (Wildman–Crippen LogP) is 2.61. The average Bonchev–Trinajstić information content (AvgIpc) is 2.53. The molecule has 0 aliphatic carbocycles. The number of rotatable bonds is 6. The number of hydrogen-bond acceptors (Lipinski definition) is 5. The van der Waals surface area contributed by atoms with Gasteiger partial charge in [0.25, 0.3) is 0 Å². The van der Waals surface area contributed by atoms with Gasteiger partial charge in [-0.3, -0.25) is 16.3 Å². The third-order valence-electron chi connectivity index (χ3n) is 3.23. The molecule has 2 rings (SSSR count). The Morgan fingerprint density at radius 3 is 2.62 bits per heavy atom. The third kappa shape index (κ3) is 3.53. The van der Waals surface area contributed by atoms with Gasteiger partial charge < -0.3 is 9.47 Å². The van der Waals surface area contributed by atoms with Gasteiger partial charge in [0.15, 0.2) is 0 Å². The Hall–Kier alpha value is -1.63. The van der Waals surface area contributed by atoms with Gasteiger partial charge in [0.05, 0.1) is 20.3 Å². The number of pyridine rings is 1. The Morgan fingerprint density at radius 2 is 2.05 bits per heavy atom. The van der Waals surface area contributed by atoms with Crippen LogP contribution in [0.2, 0.25) is 0 Å². The zero-order valence-electron chi connectivity index (χ0n) is 12.0. The van der Waals surface area contributed by atoms with Crippen LogP contribution < -0.4 is 20.7 Å². The fourth-order valence-corrected chi connectivity index (χ4v) is 2.86. The van der Waals surface area contributed by atoms with Crippen LogP contribution in [0.3, 0.4) is 0 Å². The molecule has 5 nitrogen and oxygen atoms in total. The van der Waals surface area contributed by atoms with Crippen LogP contribution in [0.15, 0.2) is 41.0 Å². The summed E-state index contributed by atoms with van der Waals surface area (Å²) in [5.41, 5.74) is 4.72. The van der Waals surface area contributed by atoms with Crippen molar-refractivity contribution in [1.29, 1.82) is 0 Å². The molecule has 1 aromatic heterocycles. The zero-order valence-corrected chi connectivity index (χ0v) is 13.6. The van der Waals surface area contributed by atoms with E-state index >= 15 is 0 Å². The standard InChI is InChI=1S/C15H18BrN3O2/c1-20-13-7-6-11(15(21-2)14(13)16)12(19-17)9-10-5-3-4-8-18-10/h3-8,12,19H,9,17H2,1-2H3. The molecule has 112 valence electrons. The van der Waals surface area contributed by atoms with E-state index in [0.29, 0.717) is 17.9 Å². The first-order chi connectivity index (χ1) is 10.2. The minimum Gasteiger partial charge on any atom is -0.495 e. The van der Waals surface area contributed by atoms with Crippen LogP contribution in [0, 0.1) is 0 Å². The van der Waals surface area contributed by atoms with Gasteiger partial charge >= 0.3 is 0 Å². The molecular formula is C15H18BrN3O2. The van der Waals surface area contributed by atoms with Crippen molar-refractivity contribution in [3.8, 4) is 11.5 Å². The summed E-state index contributed by atoms with van der Waals surface area (Å²) in [7, 11) is 3.24. The molecule has 0 amide bonds. The van der Waals surface area contributed by atoms with E-state index in [4.69, 9.17) is 15.3 Å². The van der Waals surface area contributed by atoms with Crippen LogP contribution in [-0.2, 0) is 6.42 Å². The van der Waals surface area contributed by atoms with Gasteiger partial charge in [-0.05, 0) is 40.2 Å². The Balaban J connectivity index is 2.36. The highest BCUT2D eigenvalue weighted by atomic mass is 79.9. The first-order valence-electron chi connectivity index (χ1n) is 6.47. The predicted molar refractivity (Wildman–Crippen MR) is 85.3 cm³/mol. The van der Waals surface area contributed by atoms with Crippen molar-refractivity contribution in [2.75, 3.05) is 14.2 Å². The van der Waals surface area contributed by atoms with Crippen molar-refractivity contribution in [2.24, 2.45) is 5.84 Å². The molecule has 1 heterocycles. The Bertz CT molecular complexity index is 593. The molecule has 0 radical (unpaired) electrons. The quantitative estimate of drug-likeness (QED) is 0.618. The van der Waals surface area contributed by atoms with E-state index in [0.717, 1.165) is 15.7 Å². The van der Waals surface area contributed by atoms with E-state index in [1.165, 1.54) is 0 Å². The first-order valence-corrected chi connectivity index (χ1v) is 7.27. The second kappa shape index (κ2) is 7.40. The number of nitrogens with zero attached hydrogens (tertiary/aromatic N) is 1. The summed E-state index contributed by atoms with van der Waals surface area (Å²) in [5.74, 6) is 7.13. The highest BCUT2D eigenvalue weighted by Crippen LogP contribution is 2.40. The summed E-state index contributed by atoms with van der Waals surface area (Å²) in [6, 6.07) is 9.52. The van der Waals surface area contributed by atoms with E-state index in [-0.39, 0.29) is 6.04 Å². The van der Waals surface area contributed by atoms with Gasteiger partial charge in [0.2, 0.25) is 0 Å². The summed E-state index contributed by atoms with van der Waals surface area (Å²) in [6.45, 7) is 0. The van der Waals surface area contributed by atoms with E-state index in [1.54, 1.807) is 20.4 Å². The minimum absolute atomic E-state index is 0.114. The summed E-state index contributed by atoms with van der Waals surface area (Å²) in [5, 5.41) is 0. The van der Waals surface area contributed by atoms with Crippen LogP contribution in [0.25, 0.3) is 0 Å². The molecule has 0 saturated carbocycles. The van der Waals surface area contributed by atoms with Crippen molar-refractivity contribution < 1.29 is 9.47 Å². The fraction of sp³-hybridized carbons (Fsp3) is 0.267. The van der Waals surface area contributed by atoms with Gasteiger partial charge in [0, 0.05) is 23.9 Å². The van der Waals surface area contributed by atoms with E-state index < -0.39 is 0 Å². The van der Waals surface area contributed by atoms with Gasteiger partial charge in [-0.1, -0.05) is 6.07 Å². The molecule has 0 bridgehead atoms. The van der Waals surface area contributed by atoms with Crippen molar-refractivity contribution in [2.45, 2.75) is 12.5 Å². The van der Waals surface area contributed by atoms with Gasteiger partial charge in [-0.25, -0.2) is 0 Å². The van der Waals surface area contributed by atoms with E-state index in [1.807, 2.05) is 30.3 Å². The summed E-state index contributed by atoms with van der Waals surface area (Å²) in [4.78, 5) is 4.33. The summed E-state index contributed by atoms with van der Waals surface area (Å²) < 4.78 is 11.5. The number of nitrogens with one attached hydrogen (secondary N) is 1. The largest absolute Gasteiger partial charge is 0.495 e. The van der Waals surface area contributed by atoms with E-state index in [9.17, 15) is 0 Å². The Kier molecular flexibility index (Phi) is 5.55. The van der Waals surface area contributed by atoms with Crippen molar-refractivity contribution in [3.05, 3.63) is 52.3 Å². The Labute approximate surface area is 132 Å². The highest BCUT2D eigenvalue weighted by molar-refractivity contribution is 9.10. The smallest absolute Gasteiger partial charge is 0.141 e. The fourth-order valence-electron chi connectivity index (χ4n) is 2.18. The van der Waals surface area contributed by atoms with Crippen LogP contribution >= 0.6 is 15.9 Å². The monoisotopic (exact) mass is 351 g/mol. The molecule has 0 aliphatic rings. The molecule has 0 aliphatic heterocycles. The van der Waals surface area contributed by atoms with E-state index in [2.05, 4.69) is 26.3 Å². The number of halogens is 1. The number of benzene rings is 1. The molecule has 0 saturated heterocycles. The molecule has 1 atom stereocenters. The van der Waals surface area contributed by atoms with Crippen LogP contribution in [0.4, 0.5) is 0 Å². The molecule has 3 N–H and O–H groups in total. The molecule has 1 unspecified atom stereocenters. The van der Waals surface area contributed by atoms with Crippen molar-refractivity contribution in [1.82, 2.24) is 10.4 Å². The van der Waals surface area contributed by atoms with Crippen LogP contribution in [0.5, 0.6) is 11.5 Å². The second-order valence-corrected chi connectivity index (χ2v) is 5.24. The lowest BCUT2D eigenvalue weighted by Gasteiger charge is -2.20. The second-order valence-electron chi connectivity index (χ2n) is 4.45. The number of aromatic nitrogens is 1. The first kappa shape index (κ1) is 15.8. The normalized spacial score (nSPS) is 12.0. The van der Waals surface area contributed by atoms with Gasteiger partial charge in [0.1, 0.15) is 16.0 Å². The number of methoxy groups -OCH3 is 2. The van der Waals surface area contributed by atoms with Crippen LogP contribution in [-0.4, -0.2) is 19.2 Å².